The molecule has 4 N–H and O–H groups in total. The van der Waals surface area contributed by atoms with Crippen LogP contribution in [-0.4, -0.2) is 55.8 Å². The molecular weight excluding hydrogens is 574 g/mol. The van der Waals surface area contributed by atoms with E-state index in [1.165, 1.54) is 27.6 Å². The Morgan fingerprint density at radius 3 is 2.38 bits per heavy atom. The van der Waals surface area contributed by atoms with Crippen molar-refractivity contribution in [3.63, 3.8) is 0 Å². The predicted octanol–water partition coefficient (Wildman–Crippen LogP) is 3.64. The molecule has 1 aromatic heterocycles. The van der Waals surface area contributed by atoms with E-state index in [2.05, 4.69) is 15.5 Å². The number of anilines is 1. The van der Waals surface area contributed by atoms with Crippen LogP contribution in [0.4, 0.5) is 5.13 Å². The Bertz CT molecular complexity index is 1490. The molecule has 5 rings (SSSR count). The lowest BCUT2D eigenvalue weighted by molar-refractivity contribution is -0.154. The minimum absolute atomic E-state index is 0.0522. The first-order chi connectivity index (χ1) is 19.4. The number of ether oxygens (including phenoxy) is 1. The van der Waals surface area contributed by atoms with E-state index in [0.29, 0.717) is 11.3 Å². The average Bonchev–Trinajstić information content (AvgIpc) is 3.41. The van der Waals surface area contributed by atoms with E-state index in [0.717, 1.165) is 22.5 Å². The van der Waals surface area contributed by atoms with Crippen molar-refractivity contribution < 1.29 is 24.3 Å². The molecular formula is C27H22ClN5O5S2. The van der Waals surface area contributed by atoms with E-state index in [-0.39, 0.29) is 22.2 Å². The number of carbonyl (C=O) groups is 3. The number of nitrogens with one attached hydrogen (secondary N) is 1. The molecule has 2 atom stereocenters. The number of β-lactam (4-membered cyclic amide) rings is 1. The Labute approximate surface area is 242 Å². The van der Waals surface area contributed by atoms with Crippen LogP contribution >= 0.6 is 34.7 Å². The summed E-state index contributed by atoms with van der Waals surface area (Å²) in [6, 6.07) is 17.6. The number of nitrogen functional groups attached to an aromatic ring is 1. The number of benzene rings is 2. The number of halogens is 1. The van der Waals surface area contributed by atoms with Gasteiger partial charge < -0.3 is 21.0 Å². The van der Waals surface area contributed by atoms with Crippen molar-refractivity contribution in [1.29, 1.82) is 0 Å². The SMILES string of the molecule is Nc1nc(/C(=N/O)C(=O)NC2C(=O)N3C(C(=O)OC(c4ccccc4)c4ccccc4)=C(/C=C/Cl)CS[C@H]23)cs1. The number of fused-ring (bicyclic) bond motifs is 1. The molecule has 10 nitrogen and oxygen atoms in total. The standard InChI is InChI=1S/C27H22ClN5O5S2/c28-12-11-17-13-39-25-20(31-23(34)19(32-37)18-14-40-27(29)30-18)24(35)33(25)21(17)26(36)38-22(15-7-3-1-4-8-15)16-9-5-2-6-10-16/h1-12,14,20,22,25,37H,13H2,(H2,29,30)(H,31,34)/b12-11+,32-19-/t20?,25-/m1/s1. The molecule has 204 valence electrons. The van der Waals surface area contributed by atoms with Crippen LogP contribution in [0.15, 0.2) is 94.1 Å². The predicted molar refractivity (Wildman–Crippen MR) is 153 cm³/mol. The largest absolute Gasteiger partial charge is 0.448 e. The van der Waals surface area contributed by atoms with Crippen LogP contribution in [0.2, 0.25) is 0 Å². The lowest BCUT2D eigenvalue weighted by atomic mass is 10.0. The Balaban J connectivity index is 1.40. The molecule has 40 heavy (non-hydrogen) atoms. The second-order valence-corrected chi connectivity index (χ2v) is 10.9. The van der Waals surface area contributed by atoms with Crippen LogP contribution in [0.1, 0.15) is 22.9 Å². The Morgan fingerprint density at radius 2 is 1.82 bits per heavy atom. The fourth-order valence-corrected chi connectivity index (χ4v) is 6.42. The second kappa shape index (κ2) is 11.9. The van der Waals surface area contributed by atoms with E-state index in [9.17, 15) is 19.6 Å². The molecule has 0 radical (unpaired) electrons. The van der Waals surface area contributed by atoms with Crippen molar-refractivity contribution in [1.82, 2.24) is 15.2 Å². The lowest BCUT2D eigenvalue weighted by Gasteiger charge is -2.49. The third-order valence-electron chi connectivity index (χ3n) is 6.25. The van der Waals surface area contributed by atoms with E-state index < -0.39 is 35.3 Å². The van der Waals surface area contributed by atoms with Gasteiger partial charge in [0, 0.05) is 16.7 Å². The van der Waals surface area contributed by atoms with Gasteiger partial charge >= 0.3 is 5.97 Å². The Morgan fingerprint density at radius 1 is 1.18 bits per heavy atom. The molecule has 0 bridgehead atoms. The minimum Gasteiger partial charge on any atom is -0.448 e. The fraction of sp³-hybridized carbons (Fsp3) is 0.148. The number of hydrogen-bond acceptors (Lipinski definition) is 10. The molecule has 0 aliphatic carbocycles. The zero-order chi connectivity index (χ0) is 28.2. The van der Waals surface area contributed by atoms with Gasteiger partial charge in [-0.3, -0.25) is 14.5 Å². The van der Waals surface area contributed by atoms with Crippen LogP contribution in [0.3, 0.4) is 0 Å². The first-order valence-electron chi connectivity index (χ1n) is 11.9. The lowest BCUT2D eigenvalue weighted by Crippen LogP contribution is -2.71. The summed E-state index contributed by atoms with van der Waals surface area (Å²) < 4.78 is 6.04. The van der Waals surface area contributed by atoms with Gasteiger partial charge in [0.1, 0.15) is 22.8 Å². The topological polar surface area (TPSA) is 147 Å². The third kappa shape index (κ3) is 5.33. The molecule has 2 amide bonds. The van der Waals surface area contributed by atoms with Crippen LogP contribution in [0.5, 0.6) is 0 Å². The fourth-order valence-electron chi connectivity index (χ4n) is 4.40. The van der Waals surface area contributed by atoms with Crippen LogP contribution in [0, 0.1) is 0 Å². The monoisotopic (exact) mass is 595 g/mol. The minimum atomic E-state index is -0.978. The number of amides is 2. The van der Waals surface area contributed by atoms with E-state index in [1.54, 1.807) is 6.08 Å². The molecule has 0 saturated carbocycles. The van der Waals surface area contributed by atoms with Crippen molar-refractivity contribution in [2.75, 3.05) is 11.5 Å². The van der Waals surface area contributed by atoms with Gasteiger partial charge in [-0.2, -0.15) is 0 Å². The summed E-state index contributed by atoms with van der Waals surface area (Å²) >= 11 is 8.28. The third-order valence-corrected chi connectivity index (χ3v) is 8.35. The number of allylic oxidation sites excluding steroid dienone is 1. The number of aromatic nitrogens is 1. The van der Waals surface area contributed by atoms with Gasteiger partial charge in [-0.15, -0.1) is 23.1 Å². The first-order valence-corrected chi connectivity index (χ1v) is 14.3. The number of carbonyl (C=O) groups excluding carboxylic acids is 3. The number of nitrogens with zero attached hydrogens (tertiary/aromatic N) is 3. The molecule has 2 aliphatic rings. The van der Waals surface area contributed by atoms with Gasteiger partial charge in [0.25, 0.3) is 11.8 Å². The van der Waals surface area contributed by atoms with E-state index in [4.69, 9.17) is 22.1 Å². The highest BCUT2D eigenvalue weighted by Gasteiger charge is 2.54. The van der Waals surface area contributed by atoms with Crippen LogP contribution in [-0.2, 0) is 19.1 Å². The molecule has 2 aliphatic heterocycles. The molecule has 1 fully saturated rings. The second-order valence-electron chi connectivity index (χ2n) is 8.65. The summed E-state index contributed by atoms with van der Waals surface area (Å²) in [4.78, 5) is 45.2. The molecule has 1 unspecified atom stereocenters. The Kier molecular flexibility index (Phi) is 8.19. The molecule has 13 heteroatoms. The molecule has 3 aromatic rings. The van der Waals surface area contributed by atoms with Gasteiger partial charge in [0.15, 0.2) is 16.9 Å². The molecule has 0 spiro atoms. The quantitative estimate of drug-likeness (QED) is 0.118. The zero-order valence-electron chi connectivity index (χ0n) is 20.6. The highest BCUT2D eigenvalue weighted by atomic mass is 35.5. The van der Waals surface area contributed by atoms with Crippen molar-refractivity contribution in [2.24, 2.45) is 5.16 Å². The summed E-state index contributed by atoms with van der Waals surface area (Å²) in [6.07, 6.45) is 0.821. The van der Waals surface area contributed by atoms with Crippen LogP contribution < -0.4 is 11.1 Å². The maximum atomic E-state index is 13.7. The van der Waals surface area contributed by atoms with Crippen LogP contribution in [0.25, 0.3) is 0 Å². The number of nitrogens with two attached hydrogens (primary N) is 1. The van der Waals surface area contributed by atoms with Crippen molar-refractivity contribution in [2.45, 2.75) is 17.5 Å². The summed E-state index contributed by atoms with van der Waals surface area (Å²) in [7, 11) is 0. The number of thiazole rings is 1. The molecule has 3 heterocycles. The molecule has 2 aromatic carbocycles. The molecule has 1 saturated heterocycles. The Hall–Kier alpha value is -4.13. The highest BCUT2D eigenvalue weighted by molar-refractivity contribution is 8.00. The summed E-state index contributed by atoms with van der Waals surface area (Å²) in [5.41, 5.74) is 8.67. The highest BCUT2D eigenvalue weighted by Crippen LogP contribution is 2.42. The number of hydrogen-bond donors (Lipinski definition) is 3. The van der Waals surface area contributed by atoms with Gasteiger partial charge in [0.05, 0.1) is 0 Å². The van der Waals surface area contributed by atoms with Crippen molar-refractivity contribution in [3.8, 4) is 0 Å². The number of oxime groups is 1. The maximum absolute atomic E-state index is 13.7. The van der Waals surface area contributed by atoms with Gasteiger partial charge in [-0.05, 0) is 22.8 Å². The van der Waals surface area contributed by atoms with Crippen molar-refractivity contribution in [3.05, 3.63) is 106 Å². The first kappa shape index (κ1) is 27.4. The average molecular weight is 596 g/mol. The van der Waals surface area contributed by atoms with E-state index >= 15 is 0 Å². The number of thioether (sulfide) groups is 1. The van der Waals surface area contributed by atoms with Gasteiger partial charge in [-0.25, -0.2) is 9.78 Å². The van der Waals surface area contributed by atoms with Gasteiger partial charge in [0.2, 0.25) is 0 Å². The van der Waals surface area contributed by atoms with Crippen molar-refractivity contribution >= 4 is 63.3 Å². The number of rotatable bonds is 8. The smallest absolute Gasteiger partial charge is 0.356 e. The summed E-state index contributed by atoms with van der Waals surface area (Å²) in [5.74, 6) is -1.70. The number of esters is 1. The zero-order valence-corrected chi connectivity index (χ0v) is 23.0. The summed E-state index contributed by atoms with van der Waals surface area (Å²) in [5, 5.41) is 16.1. The van der Waals surface area contributed by atoms with Gasteiger partial charge in [-0.1, -0.05) is 77.4 Å². The van der Waals surface area contributed by atoms with E-state index in [1.807, 2.05) is 60.7 Å². The maximum Gasteiger partial charge on any atom is 0.356 e. The summed E-state index contributed by atoms with van der Waals surface area (Å²) in [6.45, 7) is 0. The normalized spacial score (nSPS) is 19.0.